The second kappa shape index (κ2) is 7.12. The largest absolute Gasteiger partial charge is 0.385 e. The lowest BCUT2D eigenvalue weighted by atomic mass is 9.70. The zero-order valence-electron chi connectivity index (χ0n) is 11.6. The van der Waals surface area contributed by atoms with Gasteiger partial charge in [-0.25, -0.2) is 0 Å². The minimum atomic E-state index is -0.0971. The predicted molar refractivity (Wildman–Crippen MR) is 70.1 cm³/mol. The van der Waals surface area contributed by atoms with E-state index in [0.29, 0.717) is 12.4 Å². The molecule has 0 aliphatic carbocycles. The maximum Gasteiger partial charge on any atom is 0.143 e. The van der Waals surface area contributed by atoms with Gasteiger partial charge in [0.2, 0.25) is 0 Å². The molecule has 3 nitrogen and oxygen atoms in total. The first-order chi connectivity index (χ1) is 8.16. The Morgan fingerprint density at radius 3 is 2.82 bits per heavy atom. The van der Waals surface area contributed by atoms with Crippen molar-refractivity contribution in [1.82, 2.24) is 5.32 Å². The molecule has 1 saturated heterocycles. The van der Waals surface area contributed by atoms with Crippen molar-refractivity contribution in [3.8, 4) is 0 Å². The Morgan fingerprint density at radius 1 is 1.53 bits per heavy atom. The molecular formula is C14H27NO2. The Kier molecular flexibility index (Phi) is 6.14. The number of ketones is 1. The molecule has 0 aromatic rings. The molecular weight excluding hydrogens is 214 g/mol. The van der Waals surface area contributed by atoms with E-state index in [1.165, 1.54) is 0 Å². The Hall–Kier alpha value is -0.410. The van der Waals surface area contributed by atoms with Crippen LogP contribution < -0.4 is 5.32 Å². The molecule has 0 bridgehead atoms. The van der Waals surface area contributed by atoms with Crippen molar-refractivity contribution in [2.75, 3.05) is 26.8 Å². The van der Waals surface area contributed by atoms with Gasteiger partial charge >= 0.3 is 0 Å². The molecule has 1 aliphatic rings. The molecule has 2 atom stereocenters. The highest BCUT2D eigenvalue weighted by Gasteiger charge is 2.40. The highest BCUT2D eigenvalue weighted by molar-refractivity contribution is 5.87. The number of methoxy groups -OCH3 is 1. The van der Waals surface area contributed by atoms with E-state index < -0.39 is 0 Å². The summed E-state index contributed by atoms with van der Waals surface area (Å²) in [4.78, 5) is 12.6. The number of Topliss-reactive ketones (excluding diaryl/α,β-unsaturated/α-hetero) is 1. The third-order valence-electron chi connectivity index (χ3n) is 3.93. The molecule has 100 valence electrons. The van der Waals surface area contributed by atoms with Crippen molar-refractivity contribution in [2.24, 2.45) is 11.3 Å². The average molecular weight is 241 g/mol. The van der Waals surface area contributed by atoms with E-state index in [4.69, 9.17) is 4.74 Å². The van der Waals surface area contributed by atoms with E-state index in [1.807, 2.05) is 6.92 Å². The molecule has 1 rings (SSSR count). The summed E-state index contributed by atoms with van der Waals surface area (Å²) in [5.41, 5.74) is -0.0971. The number of carbonyl (C=O) groups is 1. The fourth-order valence-electron chi connectivity index (χ4n) is 2.94. The average Bonchev–Trinajstić information content (AvgIpc) is 2.36. The van der Waals surface area contributed by atoms with E-state index >= 15 is 0 Å². The number of hydrogen-bond acceptors (Lipinski definition) is 3. The van der Waals surface area contributed by atoms with Crippen LogP contribution in [0, 0.1) is 11.3 Å². The molecule has 0 spiro atoms. The first-order valence-corrected chi connectivity index (χ1v) is 6.90. The van der Waals surface area contributed by atoms with E-state index in [2.05, 4.69) is 12.2 Å². The molecule has 0 saturated carbocycles. The SMILES string of the molecule is CCCC1(C(=O)C(C)CCOC)CCCNC1. The molecule has 0 aromatic heterocycles. The van der Waals surface area contributed by atoms with Crippen LogP contribution in [0.4, 0.5) is 0 Å². The van der Waals surface area contributed by atoms with Gasteiger partial charge in [0, 0.05) is 31.6 Å². The summed E-state index contributed by atoms with van der Waals surface area (Å²) in [7, 11) is 1.70. The van der Waals surface area contributed by atoms with Crippen molar-refractivity contribution < 1.29 is 9.53 Å². The summed E-state index contributed by atoms with van der Waals surface area (Å²) in [6.07, 6.45) is 5.15. The molecule has 1 N–H and O–H groups in total. The number of nitrogens with one attached hydrogen (secondary N) is 1. The van der Waals surface area contributed by atoms with Crippen LogP contribution in [0.1, 0.15) is 46.0 Å². The first-order valence-electron chi connectivity index (χ1n) is 6.90. The molecule has 0 radical (unpaired) electrons. The lowest BCUT2D eigenvalue weighted by molar-refractivity contribution is -0.134. The fourth-order valence-corrected chi connectivity index (χ4v) is 2.94. The topological polar surface area (TPSA) is 38.3 Å². The monoisotopic (exact) mass is 241 g/mol. The van der Waals surface area contributed by atoms with Crippen LogP contribution in [0.3, 0.4) is 0 Å². The summed E-state index contributed by atoms with van der Waals surface area (Å²) in [5, 5.41) is 3.40. The molecule has 0 aromatic carbocycles. The summed E-state index contributed by atoms with van der Waals surface area (Å²) in [6.45, 7) is 6.83. The van der Waals surface area contributed by atoms with Gasteiger partial charge in [-0.2, -0.15) is 0 Å². The summed E-state index contributed by atoms with van der Waals surface area (Å²) < 4.78 is 5.08. The van der Waals surface area contributed by atoms with Crippen LogP contribution in [0.15, 0.2) is 0 Å². The zero-order valence-corrected chi connectivity index (χ0v) is 11.6. The van der Waals surface area contributed by atoms with E-state index in [1.54, 1.807) is 7.11 Å². The lowest BCUT2D eigenvalue weighted by Crippen LogP contribution is -2.47. The van der Waals surface area contributed by atoms with Crippen molar-refractivity contribution in [1.29, 1.82) is 0 Å². The minimum absolute atomic E-state index is 0.0971. The van der Waals surface area contributed by atoms with Gasteiger partial charge in [0.25, 0.3) is 0 Å². The predicted octanol–water partition coefficient (Wildman–Crippen LogP) is 2.40. The molecule has 1 aliphatic heterocycles. The van der Waals surface area contributed by atoms with Gasteiger partial charge < -0.3 is 10.1 Å². The van der Waals surface area contributed by atoms with Gasteiger partial charge in [0.1, 0.15) is 5.78 Å². The highest BCUT2D eigenvalue weighted by Crippen LogP contribution is 2.35. The highest BCUT2D eigenvalue weighted by atomic mass is 16.5. The zero-order chi connectivity index (χ0) is 12.7. The molecule has 0 amide bonds. The van der Waals surface area contributed by atoms with Gasteiger partial charge in [-0.05, 0) is 32.2 Å². The lowest BCUT2D eigenvalue weighted by Gasteiger charge is -2.38. The molecule has 2 unspecified atom stereocenters. The van der Waals surface area contributed by atoms with Crippen LogP contribution in [0.5, 0.6) is 0 Å². The van der Waals surface area contributed by atoms with Crippen LogP contribution in [0.25, 0.3) is 0 Å². The molecule has 1 heterocycles. The second-order valence-electron chi connectivity index (χ2n) is 5.36. The normalized spacial score (nSPS) is 26.8. The maximum atomic E-state index is 12.6. The molecule has 1 fully saturated rings. The number of piperidine rings is 1. The number of carbonyl (C=O) groups excluding carboxylic acids is 1. The van der Waals surface area contributed by atoms with Gasteiger partial charge in [0.05, 0.1) is 0 Å². The van der Waals surface area contributed by atoms with Gasteiger partial charge in [-0.3, -0.25) is 4.79 Å². The number of hydrogen-bond donors (Lipinski definition) is 1. The van der Waals surface area contributed by atoms with Crippen LogP contribution in [-0.2, 0) is 9.53 Å². The smallest absolute Gasteiger partial charge is 0.143 e. The summed E-state index contributed by atoms with van der Waals surface area (Å²) in [5.74, 6) is 0.574. The first kappa shape index (κ1) is 14.7. The molecule has 17 heavy (non-hydrogen) atoms. The third kappa shape index (κ3) is 3.78. The van der Waals surface area contributed by atoms with Crippen LogP contribution in [0.2, 0.25) is 0 Å². The number of rotatable bonds is 7. The van der Waals surface area contributed by atoms with Crippen molar-refractivity contribution in [3.05, 3.63) is 0 Å². The maximum absolute atomic E-state index is 12.6. The van der Waals surface area contributed by atoms with Crippen LogP contribution >= 0.6 is 0 Å². The minimum Gasteiger partial charge on any atom is -0.385 e. The van der Waals surface area contributed by atoms with E-state index in [0.717, 1.165) is 45.2 Å². The van der Waals surface area contributed by atoms with Gasteiger partial charge in [-0.15, -0.1) is 0 Å². The Morgan fingerprint density at radius 2 is 2.29 bits per heavy atom. The Balaban J connectivity index is 2.65. The third-order valence-corrected chi connectivity index (χ3v) is 3.93. The van der Waals surface area contributed by atoms with Crippen LogP contribution in [-0.4, -0.2) is 32.6 Å². The summed E-state index contributed by atoms with van der Waals surface area (Å²) >= 11 is 0. The van der Waals surface area contributed by atoms with E-state index in [9.17, 15) is 4.79 Å². The fraction of sp³-hybridized carbons (Fsp3) is 0.929. The van der Waals surface area contributed by atoms with Crippen molar-refractivity contribution >= 4 is 5.78 Å². The Labute approximate surface area is 105 Å². The molecule has 3 heteroatoms. The Bertz CT molecular complexity index is 229. The van der Waals surface area contributed by atoms with Gasteiger partial charge in [-0.1, -0.05) is 20.3 Å². The summed E-state index contributed by atoms with van der Waals surface area (Å²) in [6, 6.07) is 0. The second-order valence-corrected chi connectivity index (χ2v) is 5.36. The van der Waals surface area contributed by atoms with Crippen molar-refractivity contribution in [2.45, 2.75) is 46.0 Å². The van der Waals surface area contributed by atoms with Gasteiger partial charge in [0.15, 0.2) is 0 Å². The standard InChI is InChI=1S/C14H27NO2/c1-4-7-14(8-5-9-15-11-14)13(16)12(2)6-10-17-3/h12,15H,4-11H2,1-3H3. The quantitative estimate of drug-likeness (QED) is 0.744. The van der Waals surface area contributed by atoms with Crippen molar-refractivity contribution in [3.63, 3.8) is 0 Å². The van der Waals surface area contributed by atoms with E-state index in [-0.39, 0.29) is 11.3 Å². The number of ether oxygens (including phenoxy) is 1.